The van der Waals surface area contributed by atoms with Crippen molar-refractivity contribution in [2.45, 2.75) is 19.4 Å². The SMILES string of the molecule is CCc1ccc([C@@H](NC(=O)COc2ccccc2[N+](=O)[O-])c2cccc(F)c2)cc1. The van der Waals surface area contributed by atoms with E-state index in [0.29, 0.717) is 5.56 Å². The Kier molecular flexibility index (Phi) is 6.75. The molecule has 154 valence electrons. The summed E-state index contributed by atoms with van der Waals surface area (Å²) in [6.07, 6.45) is 0.876. The monoisotopic (exact) mass is 408 g/mol. The zero-order valence-electron chi connectivity index (χ0n) is 16.4. The second-order valence-corrected chi connectivity index (χ2v) is 6.66. The lowest BCUT2D eigenvalue weighted by Crippen LogP contribution is -2.33. The van der Waals surface area contributed by atoms with Gasteiger partial charge in [0.25, 0.3) is 5.91 Å². The van der Waals surface area contributed by atoms with Gasteiger partial charge in [0.05, 0.1) is 11.0 Å². The highest BCUT2D eigenvalue weighted by Crippen LogP contribution is 2.26. The number of benzene rings is 3. The fraction of sp³-hybridized carbons (Fsp3) is 0.174. The van der Waals surface area contributed by atoms with Crippen molar-refractivity contribution < 1.29 is 18.8 Å². The van der Waals surface area contributed by atoms with Crippen LogP contribution in [-0.2, 0) is 11.2 Å². The Bertz CT molecular complexity index is 1040. The third-order valence-electron chi connectivity index (χ3n) is 4.63. The minimum Gasteiger partial charge on any atom is -0.477 e. The Morgan fingerprint density at radius 1 is 1.07 bits per heavy atom. The number of nitrogens with one attached hydrogen (secondary N) is 1. The molecule has 3 aromatic rings. The van der Waals surface area contributed by atoms with E-state index < -0.39 is 29.3 Å². The van der Waals surface area contributed by atoms with Gasteiger partial charge in [-0.05, 0) is 41.3 Å². The van der Waals surface area contributed by atoms with Crippen LogP contribution in [0.25, 0.3) is 0 Å². The minimum atomic E-state index is -0.589. The molecular weight excluding hydrogens is 387 g/mol. The van der Waals surface area contributed by atoms with Crippen LogP contribution in [0.3, 0.4) is 0 Å². The minimum absolute atomic E-state index is 0.00672. The van der Waals surface area contributed by atoms with E-state index in [-0.39, 0.29) is 11.4 Å². The van der Waals surface area contributed by atoms with Crippen molar-refractivity contribution in [2.24, 2.45) is 0 Å². The van der Waals surface area contributed by atoms with Gasteiger partial charge in [0.1, 0.15) is 5.82 Å². The molecule has 0 saturated heterocycles. The van der Waals surface area contributed by atoms with E-state index in [1.165, 1.54) is 30.3 Å². The second kappa shape index (κ2) is 9.65. The molecule has 3 rings (SSSR count). The van der Waals surface area contributed by atoms with Gasteiger partial charge in [-0.3, -0.25) is 14.9 Å². The molecule has 1 N–H and O–H groups in total. The number of carbonyl (C=O) groups excluding carboxylic acids is 1. The molecule has 0 fully saturated rings. The number of nitrogens with zero attached hydrogens (tertiary/aromatic N) is 1. The Morgan fingerprint density at radius 3 is 2.47 bits per heavy atom. The summed E-state index contributed by atoms with van der Waals surface area (Å²) >= 11 is 0. The zero-order chi connectivity index (χ0) is 21.5. The van der Waals surface area contributed by atoms with Crippen LogP contribution < -0.4 is 10.1 Å². The number of rotatable bonds is 8. The summed E-state index contributed by atoms with van der Waals surface area (Å²) in [7, 11) is 0. The van der Waals surface area contributed by atoms with Gasteiger partial charge < -0.3 is 10.1 Å². The van der Waals surface area contributed by atoms with Gasteiger partial charge in [-0.15, -0.1) is 0 Å². The first kappa shape index (κ1) is 21.0. The van der Waals surface area contributed by atoms with E-state index >= 15 is 0 Å². The molecule has 7 heteroatoms. The van der Waals surface area contributed by atoms with E-state index in [1.54, 1.807) is 18.2 Å². The van der Waals surface area contributed by atoms with Crippen LogP contribution in [0.15, 0.2) is 72.8 Å². The number of nitro groups is 1. The van der Waals surface area contributed by atoms with Gasteiger partial charge >= 0.3 is 5.69 Å². The van der Waals surface area contributed by atoms with Crippen molar-refractivity contribution in [3.05, 3.63) is 105 Å². The molecule has 1 amide bonds. The smallest absolute Gasteiger partial charge is 0.310 e. The lowest BCUT2D eigenvalue weighted by molar-refractivity contribution is -0.385. The predicted molar refractivity (Wildman–Crippen MR) is 111 cm³/mol. The highest BCUT2D eigenvalue weighted by Gasteiger charge is 2.20. The molecule has 0 spiro atoms. The van der Waals surface area contributed by atoms with Gasteiger partial charge in [-0.2, -0.15) is 0 Å². The number of para-hydroxylation sites is 2. The van der Waals surface area contributed by atoms with Crippen molar-refractivity contribution in [1.29, 1.82) is 0 Å². The molecule has 6 nitrogen and oxygen atoms in total. The molecule has 3 aromatic carbocycles. The van der Waals surface area contributed by atoms with E-state index in [9.17, 15) is 19.3 Å². The molecule has 0 aliphatic heterocycles. The van der Waals surface area contributed by atoms with E-state index in [0.717, 1.165) is 17.5 Å². The Labute approximate surface area is 173 Å². The number of hydrogen-bond acceptors (Lipinski definition) is 4. The summed E-state index contributed by atoms with van der Waals surface area (Å²) < 4.78 is 19.2. The van der Waals surface area contributed by atoms with Crippen LogP contribution in [0.4, 0.5) is 10.1 Å². The van der Waals surface area contributed by atoms with Gasteiger partial charge in [0.15, 0.2) is 12.4 Å². The third-order valence-corrected chi connectivity index (χ3v) is 4.63. The highest BCUT2D eigenvalue weighted by atomic mass is 19.1. The number of halogens is 1. The topological polar surface area (TPSA) is 81.5 Å². The van der Waals surface area contributed by atoms with Crippen LogP contribution >= 0.6 is 0 Å². The lowest BCUT2D eigenvalue weighted by atomic mass is 9.97. The van der Waals surface area contributed by atoms with Crippen molar-refractivity contribution in [3.8, 4) is 5.75 Å². The van der Waals surface area contributed by atoms with Gasteiger partial charge in [-0.25, -0.2) is 4.39 Å². The normalized spacial score (nSPS) is 11.5. The quantitative estimate of drug-likeness (QED) is 0.437. The summed E-state index contributed by atoms with van der Waals surface area (Å²) in [5.41, 5.74) is 2.29. The Morgan fingerprint density at radius 2 is 1.80 bits per heavy atom. The summed E-state index contributed by atoms with van der Waals surface area (Å²) in [5, 5.41) is 13.9. The Balaban J connectivity index is 1.79. The van der Waals surface area contributed by atoms with E-state index in [2.05, 4.69) is 5.32 Å². The number of ether oxygens (including phenoxy) is 1. The standard InChI is InChI=1S/C23H21FN2O4/c1-2-16-10-12-17(13-11-16)23(18-6-5-7-19(24)14-18)25-22(27)15-30-21-9-4-3-8-20(21)26(28)29/h3-14,23H,2,15H2,1H3,(H,25,27)/t23-/m1/s1. The average Bonchev–Trinajstić information content (AvgIpc) is 2.76. The first-order valence-electron chi connectivity index (χ1n) is 9.47. The molecule has 0 unspecified atom stereocenters. The number of hydrogen-bond donors (Lipinski definition) is 1. The largest absolute Gasteiger partial charge is 0.477 e. The van der Waals surface area contributed by atoms with Crippen LogP contribution in [0, 0.1) is 15.9 Å². The molecule has 30 heavy (non-hydrogen) atoms. The van der Waals surface area contributed by atoms with E-state index in [1.807, 2.05) is 31.2 Å². The molecule has 0 aliphatic carbocycles. The summed E-state index contributed by atoms with van der Waals surface area (Å²) in [4.78, 5) is 23.1. The molecule has 0 bridgehead atoms. The second-order valence-electron chi connectivity index (χ2n) is 6.66. The number of aryl methyl sites for hydroxylation is 1. The van der Waals surface area contributed by atoms with Crippen molar-refractivity contribution in [1.82, 2.24) is 5.32 Å². The Hall–Kier alpha value is -3.74. The van der Waals surface area contributed by atoms with Crippen LogP contribution in [0.5, 0.6) is 5.75 Å². The van der Waals surface area contributed by atoms with Crippen LogP contribution in [-0.4, -0.2) is 17.4 Å². The summed E-state index contributed by atoms with van der Waals surface area (Å²) in [6, 6.07) is 18.9. The third kappa shape index (κ3) is 5.20. The van der Waals surface area contributed by atoms with Gasteiger partial charge in [-0.1, -0.05) is 55.5 Å². The molecule has 0 radical (unpaired) electrons. The van der Waals surface area contributed by atoms with E-state index in [4.69, 9.17) is 4.74 Å². The number of carbonyl (C=O) groups is 1. The van der Waals surface area contributed by atoms with Crippen LogP contribution in [0.2, 0.25) is 0 Å². The predicted octanol–water partition coefficient (Wildman–Crippen LogP) is 4.58. The molecule has 0 aromatic heterocycles. The summed E-state index contributed by atoms with van der Waals surface area (Å²) in [6.45, 7) is 1.63. The molecule has 0 saturated carbocycles. The average molecular weight is 408 g/mol. The first-order valence-corrected chi connectivity index (χ1v) is 9.47. The van der Waals surface area contributed by atoms with Crippen LogP contribution in [0.1, 0.15) is 29.7 Å². The van der Waals surface area contributed by atoms with Gasteiger partial charge in [0.2, 0.25) is 0 Å². The van der Waals surface area contributed by atoms with Crippen molar-refractivity contribution in [2.75, 3.05) is 6.61 Å². The maximum Gasteiger partial charge on any atom is 0.310 e. The lowest BCUT2D eigenvalue weighted by Gasteiger charge is -2.20. The maximum absolute atomic E-state index is 13.8. The number of nitro benzene ring substituents is 1. The highest BCUT2D eigenvalue weighted by molar-refractivity contribution is 5.78. The fourth-order valence-corrected chi connectivity index (χ4v) is 3.07. The molecule has 0 heterocycles. The molecule has 0 aliphatic rings. The summed E-state index contributed by atoms with van der Waals surface area (Å²) in [5.74, 6) is -0.887. The fourth-order valence-electron chi connectivity index (χ4n) is 3.07. The van der Waals surface area contributed by atoms with Crippen molar-refractivity contribution in [3.63, 3.8) is 0 Å². The van der Waals surface area contributed by atoms with Gasteiger partial charge in [0, 0.05) is 6.07 Å². The number of amides is 1. The molecular formula is C23H21FN2O4. The maximum atomic E-state index is 13.8. The first-order chi connectivity index (χ1) is 14.5. The molecule has 1 atom stereocenters. The van der Waals surface area contributed by atoms with Crippen molar-refractivity contribution >= 4 is 11.6 Å². The zero-order valence-corrected chi connectivity index (χ0v) is 16.4.